The average molecular weight is 380 g/mol. The predicted molar refractivity (Wildman–Crippen MR) is 114 cm³/mol. The van der Waals surface area contributed by atoms with Gasteiger partial charge in [0.25, 0.3) is 0 Å². The molecule has 5 rings (SSSR count). The van der Waals surface area contributed by atoms with E-state index < -0.39 is 0 Å². The van der Waals surface area contributed by atoms with Crippen LogP contribution in [0.2, 0.25) is 0 Å². The number of carbonyl (C=O) groups excluding carboxylic acids is 1. The van der Waals surface area contributed by atoms with Crippen LogP contribution in [0.3, 0.4) is 0 Å². The van der Waals surface area contributed by atoms with Crippen molar-refractivity contribution in [3.63, 3.8) is 0 Å². The summed E-state index contributed by atoms with van der Waals surface area (Å²) in [6, 6.07) is 22.4. The number of aryl methyl sites for hydroxylation is 1. The van der Waals surface area contributed by atoms with Gasteiger partial charge >= 0.3 is 0 Å². The molecule has 3 nitrogen and oxygen atoms in total. The fourth-order valence-corrected chi connectivity index (χ4v) is 4.61. The first kappa shape index (κ1) is 17.5. The Morgan fingerprint density at radius 3 is 2.28 bits per heavy atom. The summed E-state index contributed by atoms with van der Waals surface area (Å²) in [7, 11) is 0. The Balaban J connectivity index is 1.88. The van der Waals surface area contributed by atoms with Gasteiger partial charge in [-0.3, -0.25) is 4.79 Å². The van der Waals surface area contributed by atoms with Crippen molar-refractivity contribution in [1.82, 2.24) is 0 Å². The zero-order valence-electron chi connectivity index (χ0n) is 16.0. The lowest BCUT2D eigenvalue weighted by Crippen LogP contribution is -2.22. The number of ketones is 1. The summed E-state index contributed by atoms with van der Waals surface area (Å²) in [4.78, 5) is 13.3. The third kappa shape index (κ3) is 2.47. The van der Waals surface area contributed by atoms with E-state index in [1.807, 2.05) is 61.5 Å². The van der Waals surface area contributed by atoms with E-state index in [0.29, 0.717) is 27.5 Å². The molecular formula is C26H20O3. The van der Waals surface area contributed by atoms with Gasteiger partial charge in [-0.05, 0) is 29.2 Å². The largest absolute Gasteiger partial charge is 0.507 e. The van der Waals surface area contributed by atoms with Gasteiger partial charge in [0.1, 0.15) is 11.5 Å². The van der Waals surface area contributed by atoms with E-state index in [-0.39, 0.29) is 23.2 Å². The summed E-state index contributed by atoms with van der Waals surface area (Å²) < 4.78 is 0. The fraction of sp³-hybridized carbons (Fsp3) is 0.115. The van der Waals surface area contributed by atoms with Crippen LogP contribution >= 0.6 is 0 Å². The molecule has 0 bridgehead atoms. The van der Waals surface area contributed by atoms with Crippen LogP contribution in [0.4, 0.5) is 0 Å². The van der Waals surface area contributed by atoms with Gasteiger partial charge in [-0.1, -0.05) is 73.7 Å². The SMILES string of the molecule is CCc1cccc2c1C(=O)c1ccccc1C2c1cc(O)c2ccccc2c1O. The lowest BCUT2D eigenvalue weighted by atomic mass is 9.72. The monoisotopic (exact) mass is 380 g/mol. The molecule has 0 aromatic heterocycles. The fourth-order valence-electron chi connectivity index (χ4n) is 4.61. The van der Waals surface area contributed by atoms with E-state index in [4.69, 9.17) is 0 Å². The molecule has 4 aromatic carbocycles. The topological polar surface area (TPSA) is 57.5 Å². The van der Waals surface area contributed by atoms with Crippen molar-refractivity contribution < 1.29 is 15.0 Å². The first-order valence-corrected chi connectivity index (χ1v) is 9.80. The Bertz CT molecular complexity index is 1290. The summed E-state index contributed by atoms with van der Waals surface area (Å²) >= 11 is 0. The second-order valence-electron chi connectivity index (χ2n) is 7.46. The molecule has 3 heteroatoms. The number of hydrogen-bond acceptors (Lipinski definition) is 3. The molecular weight excluding hydrogens is 360 g/mol. The van der Waals surface area contributed by atoms with Gasteiger partial charge in [-0.25, -0.2) is 0 Å². The summed E-state index contributed by atoms with van der Waals surface area (Å²) in [5.41, 5.74) is 4.69. The maximum Gasteiger partial charge on any atom is 0.193 e. The molecule has 1 aliphatic rings. The zero-order valence-corrected chi connectivity index (χ0v) is 16.0. The quantitative estimate of drug-likeness (QED) is 0.396. The smallest absolute Gasteiger partial charge is 0.193 e. The molecule has 142 valence electrons. The number of fused-ring (bicyclic) bond motifs is 3. The lowest BCUT2D eigenvalue weighted by Gasteiger charge is -2.30. The maximum absolute atomic E-state index is 13.3. The van der Waals surface area contributed by atoms with E-state index in [9.17, 15) is 15.0 Å². The highest BCUT2D eigenvalue weighted by atomic mass is 16.3. The Morgan fingerprint density at radius 2 is 1.48 bits per heavy atom. The zero-order chi connectivity index (χ0) is 20.1. The molecule has 0 radical (unpaired) electrons. The van der Waals surface area contributed by atoms with Crippen molar-refractivity contribution in [3.05, 3.63) is 106 Å². The first-order chi connectivity index (χ1) is 14.1. The van der Waals surface area contributed by atoms with Crippen molar-refractivity contribution >= 4 is 16.6 Å². The predicted octanol–water partition coefficient (Wildman–Crippen LogP) is 5.54. The molecule has 0 spiro atoms. The van der Waals surface area contributed by atoms with Gasteiger partial charge in [0.15, 0.2) is 5.78 Å². The van der Waals surface area contributed by atoms with Crippen LogP contribution in [0.15, 0.2) is 72.8 Å². The highest BCUT2D eigenvalue weighted by Gasteiger charge is 2.35. The summed E-state index contributed by atoms with van der Waals surface area (Å²) in [5, 5.41) is 23.1. The van der Waals surface area contributed by atoms with Crippen molar-refractivity contribution in [2.75, 3.05) is 0 Å². The number of phenolic OH excluding ortho intramolecular Hbond substituents is 2. The van der Waals surface area contributed by atoms with Crippen LogP contribution in [0.25, 0.3) is 10.8 Å². The lowest BCUT2D eigenvalue weighted by molar-refractivity contribution is 0.103. The number of benzene rings is 4. The second kappa shape index (κ2) is 6.49. The summed E-state index contributed by atoms with van der Waals surface area (Å²) in [6.45, 7) is 2.04. The molecule has 29 heavy (non-hydrogen) atoms. The van der Waals surface area contributed by atoms with Crippen LogP contribution in [0.5, 0.6) is 11.5 Å². The standard InChI is InChI=1S/C26H20O3/c1-2-15-8-7-13-20-23(15)26(29)19-12-6-4-10-17(19)24(20)21-14-22(27)16-9-3-5-11-18(16)25(21)28/h3-14,24,27-28H,2H2,1H3. The maximum atomic E-state index is 13.3. The number of rotatable bonds is 2. The van der Waals surface area contributed by atoms with E-state index in [1.54, 1.807) is 18.2 Å². The third-order valence-corrected chi connectivity index (χ3v) is 5.95. The summed E-state index contributed by atoms with van der Waals surface area (Å²) in [5.74, 6) is -0.0499. The second-order valence-corrected chi connectivity index (χ2v) is 7.46. The Kier molecular flexibility index (Phi) is 3.92. The molecule has 0 saturated carbocycles. The molecule has 2 N–H and O–H groups in total. The van der Waals surface area contributed by atoms with Gasteiger partial charge in [0, 0.05) is 33.4 Å². The minimum absolute atomic E-state index is 0.0220. The normalized spacial score (nSPS) is 15.2. The first-order valence-electron chi connectivity index (χ1n) is 9.80. The average Bonchev–Trinajstić information content (AvgIpc) is 2.76. The van der Waals surface area contributed by atoms with E-state index in [2.05, 4.69) is 0 Å². The molecule has 4 aromatic rings. The Morgan fingerprint density at radius 1 is 0.793 bits per heavy atom. The molecule has 0 heterocycles. The number of phenols is 2. The van der Waals surface area contributed by atoms with Gasteiger partial charge in [-0.2, -0.15) is 0 Å². The van der Waals surface area contributed by atoms with E-state index >= 15 is 0 Å². The van der Waals surface area contributed by atoms with Crippen molar-refractivity contribution in [2.24, 2.45) is 0 Å². The van der Waals surface area contributed by atoms with Crippen molar-refractivity contribution in [3.8, 4) is 11.5 Å². The number of aromatic hydroxyl groups is 2. The highest BCUT2D eigenvalue weighted by molar-refractivity contribution is 6.14. The molecule has 0 fully saturated rings. The Labute approximate surface area is 168 Å². The van der Waals surface area contributed by atoms with Crippen LogP contribution in [-0.2, 0) is 6.42 Å². The van der Waals surface area contributed by atoms with Gasteiger partial charge in [-0.15, -0.1) is 0 Å². The van der Waals surface area contributed by atoms with Gasteiger partial charge < -0.3 is 10.2 Å². The molecule has 1 atom stereocenters. The molecule has 0 aliphatic heterocycles. The molecule has 0 amide bonds. The van der Waals surface area contributed by atoms with Gasteiger partial charge in [0.05, 0.1) is 0 Å². The molecule has 1 unspecified atom stereocenters. The third-order valence-electron chi connectivity index (χ3n) is 5.95. The molecule has 1 aliphatic carbocycles. The summed E-state index contributed by atoms with van der Waals surface area (Å²) in [6.07, 6.45) is 0.749. The van der Waals surface area contributed by atoms with Crippen molar-refractivity contribution in [1.29, 1.82) is 0 Å². The number of hydrogen-bond donors (Lipinski definition) is 2. The van der Waals surface area contributed by atoms with Crippen LogP contribution < -0.4 is 0 Å². The highest BCUT2D eigenvalue weighted by Crippen LogP contribution is 2.48. The van der Waals surface area contributed by atoms with E-state index in [1.165, 1.54) is 0 Å². The van der Waals surface area contributed by atoms with Gasteiger partial charge in [0.2, 0.25) is 0 Å². The minimum Gasteiger partial charge on any atom is -0.507 e. The van der Waals surface area contributed by atoms with Crippen molar-refractivity contribution in [2.45, 2.75) is 19.3 Å². The van der Waals surface area contributed by atoms with E-state index in [0.717, 1.165) is 23.1 Å². The molecule has 0 saturated heterocycles. The number of carbonyl (C=O) groups is 1. The van der Waals surface area contributed by atoms with Crippen LogP contribution in [0.1, 0.15) is 51.0 Å². The van der Waals surface area contributed by atoms with Crippen LogP contribution in [-0.4, -0.2) is 16.0 Å². The Hall–Kier alpha value is -3.59. The minimum atomic E-state index is -0.332. The van der Waals surface area contributed by atoms with Crippen LogP contribution in [0, 0.1) is 0 Å².